The first-order valence-electron chi connectivity index (χ1n) is 9.37. The summed E-state index contributed by atoms with van der Waals surface area (Å²) in [5.41, 5.74) is 0.709. The minimum absolute atomic E-state index is 0.122. The van der Waals surface area contributed by atoms with E-state index < -0.39 is 5.60 Å². The van der Waals surface area contributed by atoms with Gasteiger partial charge in [0.1, 0.15) is 27.5 Å². The number of fused-ring (bicyclic) bond motifs is 1. The van der Waals surface area contributed by atoms with E-state index in [4.69, 9.17) is 21.1 Å². The van der Waals surface area contributed by atoms with Gasteiger partial charge in [-0.1, -0.05) is 11.6 Å². The Morgan fingerprint density at radius 2 is 1.86 bits per heavy atom. The molecule has 1 saturated carbocycles. The van der Waals surface area contributed by atoms with Crippen molar-refractivity contribution in [2.45, 2.75) is 64.1 Å². The highest BCUT2D eigenvalue weighted by Crippen LogP contribution is 2.27. The van der Waals surface area contributed by atoms with Gasteiger partial charge in [0.15, 0.2) is 0 Å². The average Bonchev–Trinajstić information content (AvgIpc) is 2.61. The summed E-state index contributed by atoms with van der Waals surface area (Å²) in [7, 11) is 1.57. The van der Waals surface area contributed by atoms with Crippen LogP contribution in [0, 0.1) is 0 Å². The van der Waals surface area contributed by atoms with Gasteiger partial charge in [0.05, 0.1) is 13.3 Å². The second kappa shape index (κ2) is 8.34. The molecule has 8 nitrogen and oxygen atoms in total. The van der Waals surface area contributed by atoms with Crippen molar-refractivity contribution < 1.29 is 14.3 Å². The van der Waals surface area contributed by atoms with Crippen molar-refractivity contribution in [3.63, 3.8) is 0 Å². The molecule has 9 heteroatoms. The predicted molar refractivity (Wildman–Crippen MR) is 108 cm³/mol. The van der Waals surface area contributed by atoms with E-state index in [0.29, 0.717) is 27.9 Å². The molecule has 152 valence electrons. The summed E-state index contributed by atoms with van der Waals surface area (Å²) in [6.07, 6.45) is 4.81. The third-order valence-corrected chi connectivity index (χ3v) is 4.68. The third-order valence-electron chi connectivity index (χ3n) is 4.48. The van der Waals surface area contributed by atoms with Crippen LogP contribution in [0.4, 0.5) is 10.7 Å². The Hall–Kier alpha value is -2.35. The summed E-state index contributed by atoms with van der Waals surface area (Å²) < 4.78 is 10.7. The number of aromatic nitrogens is 3. The first-order chi connectivity index (χ1) is 13.2. The number of anilines is 1. The standard InChI is InChI=1S/C19H26ClN5O3/c1-19(2,3)28-18(26)23-12-7-5-11(6-8-12)22-17-21-10-13-16(25-17)14(27-4)9-15(20)24-13/h9-12H,5-8H2,1-4H3,(H,23,26)(H,21,22,25). The molecule has 28 heavy (non-hydrogen) atoms. The maximum Gasteiger partial charge on any atom is 0.407 e. The highest BCUT2D eigenvalue weighted by molar-refractivity contribution is 6.30. The van der Waals surface area contributed by atoms with E-state index in [1.165, 1.54) is 0 Å². The number of halogens is 1. The molecule has 2 heterocycles. The van der Waals surface area contributed by atoms with Crippen LogP contribution in [-0.4, -0.2) is 45.8 Å². The van der Waals surface area contributed by atoms with E-state index in [2.05, 4.69) is 25.6 Å². The van der Waals surface area contributed by atoms with Crippen LogP contribution in [-0.2, 0) is 4.74 Å². The number of ether oxygens (including phenoxy) is 2. The molecule has 0 saturated heterocycles. The number of alkyl carbamates (subject to hydrolysis) is 1. The largest absolute Gasteiger partial charge is 0.494 e. The number of pyridine rings is 1. The van der Waals surface area contributed by atoms with Crippen LogP contribution in [0.15, 0.2) is 12.3 Å². The Morgan fingerprint density at radius 3 is 2.50 bits per heavy atom. The maximum absolute atomic E-state index is 11.9. The maximum atomic E-state index is 11.9. The van der Waals surface area contributed by atoms with Crippen LogP contribution < -0.4 is 15.4 Å². The fourth-order valence-corrected chi connectivity index (χ4v) is 3.42. The molecule has 0 bridgehead atoms. The van der Waals surface area contributed by atoms with E-state index in [9.17, 15) is 4.79 Å². The van der Waals surface area contributed by atoms with E-state index >= 15 is 0 Å². The number of hydrogen-bond donors (Lipinski definition) is 2. The fourth-order valence-electron chi connectivity index (χ4n) is 3.23. The second-order valence-electron chi connectivity index (χ2n) is 7.91. The summed E-state index contributed by atoms with van der Waals surface area (Å²) in [5.74, 6) is 1.09. The van der Waals surface area contributed by atoms with E-state index in [0.717, 1.165) is 25.7 Å². The molecule has 1 fully saturated rings. The van der Waals surface area contributed by atoms with Gasteiger partial charge in [-0.15, -0.1) is 0 Å². The number of nitrogens with one attached hydrogen (secondary N) is 2. The van der Waals surface area contributed by atoms with Crippen LogP contribution in [0.2, 0.25) is 5.15 Å². The Kier molecular flexibility index (Phi) is 6.07. The summed E-state index contributed by atoms with van der Waals surface area (Å²) in [4.78, 5) is 25.0. The topological polar surface area (TPSA) is 98.3 Å². The zero-order valence-corrected chi connectivity index (χ0v) is 17.3. The van der Waals surface area contributed by atoms with E-state index in [1.54, 1.807) is 19.4 Å². The Bertz CT molecular complexity index is 847. The quantitative estimate of drug-likeness (QED) is 0.740. The first kappa shape index (κ1) is 20.4. The Labute approximate surface area is 169 Å². The number of carbonyl (C=O) groups is 1. The van der Waals surface area contributed by atoms with Crippen molar-refractivity contribution in [3.8, 4) is 5.75 Å². The molecule has 1 aliphatic carbocycles. The lowest BCUT2D eigenvalue weighted by Gasteiger charge is -2.30. The zero-order chi connectivity index (χ0) is 20.3. The number of carbonyl (C=O) groups excluding carboxylic acids is 1. The average molecular weight is 408 g/mol. The molecule has 3 rings (SSSR count). The van der Waals surface area contributed by atoms with Gasteiger partial charge in [0.2, 0.25) is 5.95 Å². The summed E-state index contributed by atoms with van der Waals surface area (Å²) >= 11 is 5.98. The van der Waals surface area contributed by atoms with E-state index in [1.807, 2.05) is 20.8 Å². The van der Waals surface area contributed by atoms with Crippen molar-refractivity contribution in [2.24, 2.45) is 0 Å². The molecule has 0 aliphatic heterocycles. The van der Waals surface area contributed by atoms with Crippen molar-refractivity contribution in [3.05, 3.63) is 17.4 Å². The van der Waals surface area contributed by atoms with Gasteiger partial charge in [-0.05, 0) is 46.5 Å². The van der Waals surface area contributed by atoms with Crippen LogP contribution in [0.3, 0.4) is 0 Å². The van der Waals surface area contributed by atoms with Gasteiger partial charge in [-0.3, -0.25) is 0 Å². The monoisotopic (exact) mass is 407 g/mol. The van der Waals surface area contributed by atoms with Gasteiger partial charge in [0, 0.05) is 18.2 Å². The molecule has 2 aromatic rings. The lowest BCUT2D eigenvalue weighted by atomic mass is 9.91. The van der Waals surface area contributed by atoms with Gasteiger partial charge in [-0.25, -0.2) is 19.7 Å². The normalized spacial score (nSPS) is 19.9. The predicted octanol–water partition coefficient (Wildman–Crippen LogP) is 3.93. The Balaban J connectivity index is 1.57. The van der Waals surface area contributed by atoms with Crippen molar-refractivity contribution in [1.29, 1.82) is 0 Å². The minimum atomic E-state index is -0.490. The van der Waals surface area contributed by atoms with Crippen molar-refractivity contribution >= 4 is 34.7 Å². The van der Waals surface area contributed by atoms with Gasteiger partial charge in [0.25, 0.3) is 0 Å². The Morgan fingerprint density at radius 1 is 1.18 bits per heavy atom. The van der Waals surface area contributed by atoms with Gasteiger partial charge < -0.3 is 20.1 Å². The number of methoxy groups -OCH3 is 1. The molecular weight excluding hydrogens is 382 g/mol. The van der Waals surface area contributed by atoms with E-state index in [-0.39, 0.29) is 18.2 Å². The highest BCUT2D eigenvalue weighted by atomic mass is 35.5. The van der Waals surface area contributed by atoms with Crippen LogP contribution in [0.1, 0.15) is 46.5 Å². The lowest BCUT2D eigenvalue weighted by Crippen LogP contribution is -2.42. The first-order valence-corrected chi connectivity index (χ1v) is 9.74. The summed E-state index contributed by atoms with van der Waals surface area (Å²) in [6.45, 7) is 5.57. The molecule has 0 atom stereocenters. The third kappa shape index (κ3) is 5.34. The molecule has 0 aromatic carbocycles. The van der Waals surface area contributed by atoms with Gasteiger partial charge in [-0.2, -0.15) is 0 Å². The molecule has 0 radical (unpaired) electrons. The number of nitrogens with zero attached hydrogens (tertiary/aromatic N) is 3. The smallest absolute Gasteiger partial charge is 0.407 e. The number of rotatable bonds is 4. The molecule has 0 unspecified atom stereocenters. The van der Waals surface area contributed by atoms with Crippen molar-refractivity contribution in [2.75, 3.05) is 12.4 Å². The molecule has 2 N–H and O–H groups in total. The van der Waals surface area contributed by atoms with Crippen molar-refractivity contribution in [1.82, 2.24) is 20.3 Å². The minimum Gasteiger partial charge on any atom is -0.494 e. The molecule has 1 amide bonds. The SMILES string of the molecule is COc1cc(Cl)nc2cnc(NC3CCC(NC(=O)OC(C)(C)C)CC3)nc12. The summed E-state index contributed by atoms with van der Waals surface area (Å²) in [6, 6.07) is 1.99. The second-order valence-corrected chi connectivity index (χ2v) is 8.30. The molecule has 1 aliphatic rings. The molecule has 0 spiro atoms. The fraction of sp³-hybridized carbons (Fsp3) is 0.579. The molecule has 2 aromatic heterocycles. The molecular formula is C19H26ClN5O3. The lowest BCUT2D eigenvalue weighted by molar-refractivity contribution is 0.0492. The van der Waals surface area contributed by atoms with Crippen LogP contribution in [0.25, 0.3) is 11.0 Å². The van der Waals surface area contributed by atoms with Gasteiger partial charge >= 0.3 is 6.09 Å². The number of amides is 1. The number of hydrogen-bond acceptors (Lipinski definition) is 7. The van der Waals surface area contributed by atoms with Crippen LogP contribution >= 0.6 is 11.6 Å². The summed E-state index contributed by atoms with van der Waals surface area (Å²) in [5, 5.41) is 6.65. The zero-order valence-electron chi connectivity index (χ0n) is 16.6. The highest BCUT2D eigenvalue weighted by Gasteiger charge is 2.25. The van der Waals surface area contributed by atoms with Crippen LogP contribution in [0.5, 0.6) is 5.75 Å².